The highest BCUT2D eigenvalue weighted by atomic mass is 32.2. The molecule has 1 aromatic carbocycles. The van der Waals surface area contributed by atoms with Crippen LogP contribution in [-0.2, 0) is 14.8 Å². The lowest BCUT2D eigenvalue weighted by Gasteiger charge is -2.26. The van der Waals surface area contributed by atoms with Gasteiger partial charge in [0, 0.05) is 24.7 Å². The number of morpholine rings is 1. The summed E-state index contributed by atoms with van der Waals surface area (Å²) in [6.07, 6.45) is 1.66. The molecule has 2 heterocycles. The average Bonchev–Trinajstić information content (AvgIpc) is 2.47. The number of benzene rings is 1. The molecule has 19 heavy (non-hydrogen) atoms. The Labute approximate surface area is 111 Å². The van der Waals surface area contributed by atoms with Gasteiger partial charge in [0.2, 0.25) is 10.0 Å². The van der Waals surface area contributed by atoms with Crippen molar-refractivity contribution >= 4 is 20.9 Å². The van der Waals surface area contributed by atoms with Crippen LogP contribution in [-0.4, -0.2) is 44.0 Å². The lowest BCUT2D eigenvalue weighted by atomic mass is 10.2. The molecule has 3 rings (SSSR count). The number of rotatable bonds is 2. The Morgan fingerprint density at radius 2 is 1.89 bits per heavy atom. The zero-order valence-electron chi connectivity index (χ0n) is 10.3. The number of hydrogen-bond donors (Lipinski definition) is 0. The van der Waals surface area contributed by atoms with E-state index in [1.54, 1.807) is 30.5 Å². The lowest BCUT2D eigenvalue weighted by Crippen LogP contribution is -2.40. The normalized spacial score (nSPS) is 17.7. The zero-order valence-corrected chi connectivity index (χ0v) is 11.1. The SMILES string of the molecule is O=S(=O)(c1cccc2ncccc12)N1CCOCC1. The second-order valence-corrected chi connectivity index (χ2v) is 6.25. The first kappa shape index (κ1) is 12.5. The van der Waals surface area contributed by atoms with Gasteiger partial charge in [-0.05, 0) is 24.3 Å². The van der Waals surface area contributed by atoms with Gasteiger partial charge in [-0.25, -0.2) is 8.42 Å². The number of sulfonamides is 1. The minimum atomic E-state index is -3.48. The van der Waals surface area contributed by atoms with Gasteiger partial charge in [0.1, 0.15) is 0 Å². The Morgan fingerprint density at radius 1 is 1.11 bits per heavy atom. The molecule has 0 bridgehead atoms. The van der Waals surface area contributed by atoms with Crippen molar-refractivity contribution in [1.29, 1.82) is 0 Å². The summed E-state index contributed by atoms with van der Waals surface area (Å²) in [6.45, 7) is 1.70. The van der Waals surface area contributed by atoms with E-state index in [1.807, 2.05) is 6.07 Å². The van der Waals surface area contributed by atoms with E-state index >= 15 is 0 Å². The van der Waals surface area contributed by atoms with Gasteiger partial charge in [0.25, 0.3) is 0 Å². The molecular formula is C13H14N2O3S. The van der Waals surface area contributed by atoms with Crippen LogP contribution in [0.15, 0.2) is 41.4 Å². The number of aromatic nitrogens is 1. The third kappa shape index (κ3) is 2.22. The van der Waals surface area contributed by atoms with Crippen molar-refractivity contribution in [3.63, 3.8) is 0 Å². The van der Waals surface area contributed by atoms with E-state index in [4.69, 9.17) is 4.74 Å². The Morgan fingerprint density at radius 3 is 2.68 bits per heavy atom. The molecule has 0 amide bonds. The summed E-state index contributed by atoms with van der Waals surface area (Å²) < 4.78 is 32.0. The van der Waals surface area contributed by atoms with Crippen LogP contribution < -0.4 is 0 Å². The fourth-order valence-electron chi connectivity index (χ4n) is 2.23. The Bertz CT molecular complexity index is 689. The minimum Gasteiger partial charge on any atom is -0.379 e. The van der Waals surface area contributed by atoms with Crippen LogP contribution in [0, 0.1) is 0 Å². The quantitative estimate of drug-likeness (QED) is 0.829. The molecule has 0 atom stereocenters. The average molecular weight is 278 g/mol. The molecule has 1 fully saturated rings. The Balaban J connectivity index is 2.12. The van der Waals surface area contributed by atoms with Crippen molar-refractivity contribution in [3.8, 4) is 0 Å². The second-order valence-electron chi connectivity index (χ2n) is 4.34. The third-order valence-electron chi connectivity index (χ3n) is 3.19. The molecule has 6 heteroatoms. The van der Waals surface area contributed by atoms with Gasteiger partial charge in [-0.15, -0.1) is 0 Å². The molecule has 2 aromatic rings. The summed E-state index contributed by atoms with van der Waals surface area (Å²) in [7, 11) is -3.48. The van der Waals surface area contributed by atoms with Crippen molar-refractivity contribution < 1.29 is 13.2 Å². The molecular weight excluding hydrogens is 264 g/mol. The van der Waals surface area contributed by atoms with Crippen LogP contribution in [0.25, 0.3) is 10.9 Å². The Hall–Kier alpha value is -1.50. The monoisotopic (exact) mass is 278 g/mol. The van der Waals surface area contributed by atoms with E-state index in [0.29, 0.717) is 42.1 Å². The predicted molar refractivity (Wildman–Crippen MR) is 71.3 cm³/mol. The van der Waals surface area contributed by atoms with Crippen LogP contribution >= 0.6 is 0 Å². The van der Waals surface area contributed by atoms with Gasteiger partial charge in [-0.3, -0.25) is 4.98 Å². The van der Waals surface area contributed by atoms with Gasteiger partial charge >= 0.3 is 0 Å². The first-order chi connectivity index (χ1) is 9.19. The highest BCUT2D eigenvalue weighted by Crippen LogP contribution is 2.24. The van der Waals surface area contributed by atoms with Crippen molar-refractivity contribution in [3.05, 3.63) is 36.5 Å². The van der Waals surface area contributed by atoms with Crippen LogP contribution in [0.4, 0.5) is 0 Å². The van der Waals surface area contributed by atoms with Gasteiger partial charge in [0.15, 0.2) is 0 Å². The van der Waals surface area contributed by atoms with E-state index in [1.165, 1.54) is 4.31 Å². The van der Waals surface area contributed by atoms with Crippen molar-refractivity contribution in [1.82, 2.24) is 9.29 Å². The molecule has 0 radical (unpaired) electrons. The van der Waals surface area contributed by atoms with Crippen LogP contribution in [0.2, 0.25) is 0 Å². The summed E-state index contributed by atoms with van der Waals surface area (Å²) in [5, 5.41) is 0.663. The Kier molecular flexibility index (Phi) is 3.22. The van der Waals surface area contributed by atoms with E-state index in [2.05, 4.69) is 4.98 Å². The minimum absolute atomic E-state index is 0.319. The molecule has 5 nitrogen and oxygen atoms in total. The maximum atomic E-state index is 12.6. The number of pyridine rings is 1. The third-order valence-corrected chi connectivity index (χ3v) is 5.15. The summed E-state index contributed by atoms with van der Waals surface area (Å²) in [4.78, 5) is 4.51. The molecule has 1 aliphatic heterocycles. The maximum absolute atomic E-state index is 12.6. The van der Waals surface area contributed by atoms with Gasteiger partial charge < -0.3 is 4.74 Å². The topological polar surface area (TPSA) is 59.5 Å². The molecule has 0 N–H and O–H groups in total. The van der Waals surface area contributed by atoms with Gasteiger partial charge in [-0.2, -0.15) is 4.31 Å². The van der Waals surface area contributed by atoms with E-state index in [-0.39, 0.29) is 0 Å². The molecule has 100 valence electrons. The van der Waals surface area contributed by atoms with Crippen molar-refractivity contribution in [2.24, 2.45) is 0 Å². The fraction of sp³-hybridized carbons (Fsp3) is 0.308. The summed E-state index contributed by atoms with van der Waals surface area (Å²) in [6, 6.07) is 8.71. The fourth-order valence-corrected chi connectivity index (χ4v) is 3.84. The number of nitrogens with zero attached hydrogens (tertiary/aromatic N) is 2. The number of hydrogen-bond acceptors (Lipinski definition) is 4. The second kappa shape index (κ2) is 4.88. The van der Waals surface area contributed by atoms with Gasteiger partial charge in [0.05, 0.1) is 23.6 Å². The smallest absolute Gasteiger partial charge is 0.243 e. The summed E-state index contributed by atoms with van der Waals surface area (Å²) in [5.74, 6) is 0. The van der Waals surface area contributed by atoms with E-state index in [0.717, 1.165) is 0 Å². The van der Waals surface area contributed by atoms with Gasteiger partial charge in [-0.1, -0.05) is 6.07 Å². The highest BCUT2D eigenvalue weighted by molar-refractivity contribution is 7.89. The first-order valence-electron chi connectivity index (χ1n) is 6.11. The zero-order chi connectivity index (χ0) is 13.3. The molecule has 0 saturated carbocycles. The first-order valence-corrected chi connectivity index (χ1v) is 7.55. The number of fused-ring (bicyclic) bond motifs is 1. The molecule has 1 saturated heterocycles. The van der Waals surface area contributed by atoms with E-state index < -0.39 is 10.0 Å². The van der Waals surface area contributed by atoms with Crippen LogP contribution in [0.5, 0.6) is 0 Å². The summed E-state index contributed by atoms with van der Waals surface area (Å²) in [5.41, 5.74) is 0.692. The predicted octanol–water partition coefficient (Wildman–Crippen LogP) is 1.26. The molecule has 0 unspecified atom stereocenters. The largest absolute Gasteiger partial charge is 0.379 e. The molecule has 1 aromatic heterocycles. The van der Waals surface area contributed by atoms with Crippen molar-refractivity contribution in [2.45, 2.75) is 4.90 Å². The van der Waals surface area contributed by atoms with Crippen LogP contribution in [0.1, 0.15) is 0 Å². The molecule has 0 spiro atoms. The maximum Gasteiger partial charge on any atom is 0.243 e. The summed E-state index contributed by atoms with van der Waals surface area (Å²) >= 11 is 0. The molecule has 0 aliphatic carbocycles. The standard InChI is InChI=1S/C13H14N2O3S/c16-19(17,15-7-9-18-10-8-15)13-5-1-4-12-11(13)3-2-6-14-12/h1-6H,7-10H2. The molecule has 1 aliphatic rings. The lowest BCUT2D eigenvalue weighted by molar-refractivity contribution is 0.0730. The van der Waals surface area contributed by atoms with E-state index in [9.17, 15) is 8.42 Å². The highest BCUT2D eigenvalue weighted by Gasteiger charge is 2.27. The number of ether oxygens (including phenoxy) is 1. The van der Waals surface area contributed by atoms with Crippen molar-refractivity contribution in [2.75, 3.05) is 26.3 Å². The van der Waals surface area contributed by atoms with Crippen LogP contribution in [0.3, 0.4) is 0 Å².